The van der Waals surface area contributed by atoms with Gasteiger partial charge in [-0.2, -0.15) is 0 Å². The Hall–Kier alpha value is -4.78. The standard InChI is InChI=1S/C17H19N3O.C17H19N3S.C7H5NS2/c2*1-18-13-7-10-17(19-2,11-8-13)12-9-16-20-14-5-3-4-6-15(14)21-16;9-7-8-5-3-1-2-4-6(5)10-7/h2*3-10,12,18-19H,11H2,1-2H3;1-4H,(H,8,9). The van der Waals surface area contributed by atoms with Crippen molar-refractivity contribution in [3.05, 3.63) is 144 Å². The molecule has 2 aliphatic carbocycles. The zero-order chi connectivity index (χ0) is 36.4. The van der Waals surface area contributed by atoms with Gasteiger partial charge in [0.05, 0.1) is 31.5 Å². The van der Waals surface area contributed by atoms with Crippen molar-refractivity contribution in [1.29, 1.82) is 0 Å². The molecule has 0 fully saturated rings. The van der Waals surface area contributed by atoms with Gasteiger partial charge in [0.25, 0.3) is 0 Å². The van der Waals surface area contributed by atoms with E-state index >= 15 is 0 Å². The van der Waals surface area contributed by atoms with Crippen LogP contribution in [0.4, 0.5) is 0 Å². The molecule has 0 radical (unpaired) electrons. The molecule has 2 atom stereocenters. The van der Waals surface area contributed by atoms with Crippen molar-refractivity contribution in [2.75, 3.05) is 28.2 Å². The fraction of sp³-hybridized carbons (Fsp3) is 0.195. The summed E-state index contributed by atoms with van der Waals surface area (Å²) in [6, 6.07) is 24.1. The van der Waals surface area contributed by atoms with Crippen LogP contribution in [-0.4, -0.2) is 54.2 Å². The summed E-state index contributed by atoms with van der Waals surface area (Å²) in [6.07, 6.45) is 23.1. The van der Waals surface area contributed by atoms with Crippen LogP contribution < -0.4 is 21.3 Å². The van der Waals surface area contributed by atoms with E-state index in [-0.39, 0.29) is 11.1 Å². The van der Waals surface area contributed by atoms with Crippen molar-refractivity contribution >= 4 is 79.0 Å². The van der Waals surface area contributed by atoms with E-state index in [1.165, 1.54) is 9.40 Å². The van der Waals surface area contributed by atoms with Crippen LogP contribution in [0.1, 0.15) is 23.7 Å². The second-order valence-corrected chi connectivity index (χ2v) is 15.0. The fourth-order valence-electron chi connectivity index (χ4n) is 5.68. The first-order valence-electron chi connectivity index (χ1n) is 17.0. The molecule has 0 aliphatic heterocycles. The summed E-state index contributed by atoms with van der Waals surface area (Å²) in [7, 11) is 7.82. The van der Waals surface area contributed by atoms with Gasteiger partial charge >= 0.3 is 0 Å². The highest BCUT2D eigenvalue weighted by atomic mass is 32.2. The average molecular weight is 746 g/mol. The molecule has 3 aromatic carbocycles. The lowest BCUT2D eigenvalue weighted by Crippen LogP contribution is -2.39. The molecule has 11 heteroatoms. The first-order chi connectivity index (χ1) is 25.3. The number of fused-ring (bicyclic) bond motifs is 3. The second kappa shape index (κ2) is 17.2. The summed E-state index contributed by atoms with van der Waals surface area (Å²) in [6.45, 7) is 0. The van der Waals surface area contributed by atoms with Gasteiger partial charge in [-0.15, -0.1) is 35.3 Å². The van der Waals surface area contributed by atoms with Crippen LogP contribution in [-0.2, 0) is 0 Å². The van der Waals surface area contributed by atoms with Crippen molar-refractivity contribution in [1.82, 2.24) is 36.2 Å². The average Bonchev–Trinajstić information content (AvgIpc) is 3.92. The van der Waals surface area contributed by atoms with Crippen LogP contribution in [0.25, 0.3) is 43.7 Å². The second-order valence-electron chi connectivity index (χ2n) is 12.1. The van der Waals surface area contributed by atoms with E-state index in [1.807, 2.05) is 88.9 Å². The van der Waals surface area contributed by atoms with E-state index in [9.17, 15) is 0 Å². The lowest BCUT2D eigenvalue weighted by molar-refractivity contribution is 0.533. The lowest BCUT2D eigenvalue weighted by Gasteiger charge is -2.28. The van der Waals surface area contributed by atoms with E-state index in [1.54, 1.807) is 22.7 Å². The SMILES string of the molecule is CNC1=CCC(C=Cc2nc3ccccc3o2)(NC)C=C1.CNC1=CCC(C=Cc2nc3ccccc3s2)(NC)C=C1.Sc1nc2ccccc2s1. The Morgan fingerprint density at radius 3 is 1.71 bits per heavy atom. The highest BCUT2D eigenvalue weighted by Gasteiger charge is 2.24. The smallest absolute Gasteiger partial charge is 0.219 e. The first kappa shape index (κ1) is 37.0. The Morgan fingerprint density at radius 2 is 1.19 bits per heavy atom. The molecule has 8 rings (SSSR count). The van der Waals surface area contributed by atoms with Crippen LogP contribution in [0.5, 0.6) is 0 Å². The molecular weight excluding hydrogens is 703 g/mol. The van der Waals surface area contributed by atoms with Gasteiger partial charge in [-0.3, -0.25) is 0 Å². The number of hydrogen-bond acceptors (Lipinski definition) is 11. The summed E-state index contributed by atoms with van der Waals surface area (Å²) < 4.78 is 8.98. The number of thiazole rings is 2. The first-order valence-corrected chi connectivity index (χ1v) is 19.1. The van der Waals surface area contributed by atoms with Gasteiger partial charge in [-0.25, -0.2) is 15.0 Å². The van der Waals surface area contributed by atoms with Crippen molar-refractivity contribution in [2.24, 2.45) is 0 Å². The Labute approximate surface area is 318 Å². The number of nitrogens with one attached hydrogen (secondary N) is 4. The van der Waals surface area contributed by atoms with Gasteiger partial charge in [0.15, 0.2) is 5.58 Å². The molecule has 52 heavy (non-hydrogen) atoms. The predicted molar refractivity (Wildman–Crippen MR) is 224 cm³/mol. The minimum absolute atomic E-state index is 0.127. The molecule has 0 saturated carbocycles. The molecule has 2 aliphatic rings. The van der Waals surface area contributed by atoms with Gasteiger partial charge in [0.2, 0.25) is 5.89 Å². The van der Waals surface area contributed by atoms with E-state index in [2.05, 4.69) is 122 Å². The summed E-state index contributed by atoms with van der Waals surface area (Å²) in [5.41, 5.74) is 5.78. The number of rotatable bonds is 8. The third-order valence-electron chi connectivity index (χ3n) is 8.90. The minimum atomic E-state index is -0.193. The van der Waals surface area contributed by atoms with Crippen LogP contribution in [0.3, 0.4) is 0 Å². The number of allylic oxidation sites excluding steroid dienone is 2. The fourth-order valence-corrected chi connectivity index (χ4v) is 7.66. The summed E-state index contributed by atoms with van der Waals surface area (Å²) in [5.74, 6) is 0.627. The van der Waals surface area contributed by atoms with Gasteiger partial charge in [0.1, 0.15) is 14.9 Å². The number of thiol groups is 1. The summed E-state index contributed by atoms with van der Waals surface area (Å²) >= 11 is 7.48. The van der Waals surface area contributed by atoms with Gasteiger partial charge < -0.3 is 25.7 Å². The quantitative estimate of drug-likeness (QED) is 0.0987. The Bertz CT molecular complexity index is 2090. The number of oxazole rings is 1. The van der Waals surface area contributed by atoms with Crippen molar-refractivity contribution < 1.29 is 4.42 Å². The molecule has 0 bridgehead atoms. The molecule has 3 aromatic heterocycles. The summed E-state index contributed by atoms with van der Waals surface area (Å²) in [4.78, 5) is 13.3. The minimum Gasteiger partial charge on any atom is -0.437 e. The van der Waals surface area contributed by atoms with Crippen molar-refractivity contribution in [2.45, 2.75) is 28.3 Å². The molecule has 266 valence electrons. The van der Waals surface area contributed by atoms with E-state index in [4.69, 9.17) is 4.42 Å². The number of hydrogen-bond donors (Lipinski definition) is 5. The third-order valence-corrected chi connectivity index (χ3v) is 11.1. The topological polar surface area (TPSA) is 99.9 Å². The van der Waals surface area contributed by atoms with E-state index in [0.29, 0.717) is 5.89 Å². The lowest BCUT2D eigenvalue weighted by atomic mass is 9.90. The highest BCUT2D eigenvalue weighted by molar-refractivity contribution is 7.82. The Balaban J connectivity index is 0.000000142. The highest BCUT2D eigenvalue weighted by Crippen LogP contribution is 2.27. The maximum absolute atomic E-state index is 5.71. The van der Waals surface area contributed by atoms with Crippen LogP contribution >= 0.6 is 35.3 Å². The number of aromatic nitrogens is 3. The largest absolute Gasteiger partial charge is 0.437 e. The zero-order valence-corrected chi connectivity index (χ0v) is 32.2. The third kappa shape index (κ3) is 9.17. The molecule has 0 saturated heterocycles. The number of likely N-dealkylation sites (N-methyl/N-ethyl adjacent to an activating group) is 4. The predicted octanol–water partition coefficient (Wildman–Crippen LogP) is 8.78. The zero-order valence-electron chi connectivity index (χ0n) is 29.6. The van der Waals surface area contributed by atoms with Gasteiger partial charge in [-0.1, -0.05) is 72.9 Å². The molecule has 4 N–H and O–H groups in total. The molecule has 0 amide bonds. The molecule has 2 unspecified atom stereocenters. The summed E-state index contributed by atoms with van der Waals surface area (Å²) in [5, 5.41) is 14.1. The van der Waals surface area contributed by atoms with Crippen LogP contribution in [0.2, 0.25) is 0 Å². The Morgan fingerprint density at radius 1 is 0.654 bits per heavy atom. The molecule has 8 nitrogen and oxygen atoms in total. The van der Waals surface area contributed by atoms with Crippen molar-refractivity contribution in [3.8, 4) is 0 Å². The molecule has 3 heterocycles. The van der Waals surface area contributed by atoms with Gasteiger partial charge in [0, 0.05) is 25.5 Å². The van der Waals surface area contributed by atoms with Crippen LogP contribution in [0, 0.1) is 0 Å². The molecule has 0 spiro atoms. The maximum atomic E-state index is 5.71. The van der Waals surface area contributed by atoms with Crippen LogP contribution in [0.15, 0.2) is 142 Å². The van der Waals surface area contributed by atoms with E-state index in [0.717, 1.165) is 55.7 Å². The monoisotopic (exact) mass is 745 g/mol. The normalized spacial score (nSPS) is 19.7. The molecule has 6 aromatic rings. The van der Waals surface area contributed by atoms with Crippen molar-refractivity contribution in [3.63, 3.8) is 0 Å². The Kier molecular flexibility index (Phi) is 12.2. The van der Waals surface area contributed by atoms with E-state index < -0.39 is 0 Å². The maximum Gasteiger partial charge on any atom is 0.219 e. The number of benzene rings is 3. The molecular formula is C41H43N7OS3. The van der Waals surface area contributed by atoms with Gasteiger partial charge in [-0.05, 0) is 87.6 Å². The number of nitrogens with zero attached hydrogens (tertiary/aromatic N) is 3. The number of para-hydroxylation sites is 4.